The fourth-order valence-corrected chi connectivity index (χ4v) is 3.54. The van der Waals surface area contributed by atoms with E-state index in [0.717, 1.165) is 43.5 Å². The Morgan fingerprint density at radius 1 is 1.04 bits per heavy atom. The summed E-state index contributed by atoms with van der Waals surface area (Å²) in [6.45, 7) is 1.48. The largest absolute Gasteiger partial charge is 0.338 e. The van der Waals surface area contributed by atoms with Crippen LogP contribution in [0.1, 0.15) is 36.0 Å². The molecule has 1 aliphatic carbocycles. The molecule has 2 amide bonds. The lowest BCUT2D eigenvalue weighted by Crippen LogP contribution is -2.36. The summed E-state index contributed by atoms with van der Waals surface area (Å²) in [5, 5.41) is 3.00. The van der Waals surface area contributed by atoms with Gasteiger partial charge in [-0.2, -0.15) is 0 Å². The van der Waals surface area contributed by atoms with Crippen LogP contribution in [0, 0.1) is 5.92 Å². The van der Waals surface area contributed by atoms with Crippen LogP contribution in [0.25, 0.3) is 0 Å². The van der Waals surface area contributed by atoms with Gasteiger partial charge in [-0.3, -0.25) is 9.59 Å². The first-order valence-electron chi connectivity index (χ1n) is 9.43. The summed E-state index contributed by atoms with van der Waals surface area (Å²) in [7, 11) is 0. The normalized spacial score (nSPS) is 16.1. The second-order valence-electron chi connectivity index (χ2n) is 7.30. The van der Waals surface area contributed by atoms with Gasteiger partial charge in [0.2, 0.25) is 11.8 Å². The van der Waals surface area contributed by atoms with Crippen molar-refractivity contribution in [3.8, 4) is 0 Å². The predicted octanol–water partition coefficient (Wildman–Crippen LogP) is 3.55. The summed E-state index contributed by atoms with van der Waals surface area (Å²) in [6.07, 6.45) is 4.18. The van der Waals surface area contributed by atoms with Gasteiger partial charge in [-0.05, 0) is 54.5 Å². The maximum absolute atomic E-state index is 12.3. The Morgan fingerprint density at radius 3 is 2.62 bits per heavy atom. The van der Waals surface area contributed by atoms with Crippen molar-refractivity contribution in [3.63, 3.8) is 0 Å². The van der Waals surface area contributed by atoms with Crippen LogP contribution in [0.3, 0.4) is 0 Å². The molecule has 0 spiro atoms. The minimum absolute atomic E-state index is 0.0236. The number of aryl methyl sites for hydroxylation is 1. The number of anilines is 1. The van der Waals surface area contributed by atoms with Gasteiger partial charge >= 0.3 is 0 Å². The van der Waals surface area contributed by atoms with Crippen molar-refractivity contribution in [2.45, 2.75) is 38.6 Å². The molecule has 2 aromatic carbocycles. The van der Waals surface area contributed by atoms with Crippen LogP contribution in [-0.4, -0.2) is 23.3 Å². The van der Waals surface area contributed by atoms with E-state index in [9.17, 15) is 9.59 Å². The molecule has 0 radical (unpaired) electrons. The summed E-state index contributed by atoms with van der Waals surface area (Å²) < 4.78 is 0. The molecular formula is C22H24N2O2. The number of nitrogens with zero attached hydrogens (tertiary/aromatic N) is 1. The highest BCUT2D eigenvalue weighted by Crippen LogP contribution is 2.33. The molecule has 0 saturated heterocycles. The highest BCUT2D eigenvalue weighted by molar-refractivity contribution is 5.91. The van der Waals surface area contributed by atoms with Crippen molar-refractivity contribution in [2.24, 2.45) is 5.92 Å². The molecule has 0 unspecified atom stereocenters. The fraction of sp³-hybridized carbons (Fsp3) is 0.364. The molecule has 1 aliphatic heterocycles. The van der Waals surface area contributed by atoms with E-state index in [2.05, 4.69) is 11.4 Å². The van der Waals surface area contributed by atoms with E-state index in [0.29, 0.717) is 18.9 Å². The SMILES string of the molecule is O=C(CCc1ccccc1)Nc1ccc2c(c1)CN(C(=O)C1CC1)CC2. The Balaban J connectivity index is 1.36. The van der Waals surface area contributed by atoms with Crippen LogP contribution in [0.2, 0.25) is 0 Å². The third-order valence-corrected chi connectivity index (χ3v) is 5.22. The number of benzene rings is 2. The second-order valence-corrected chi connectivity index (χ2v) is 7.30. The summed E-state index contributed by atoms with van der Waals surface area (Å²) >= 11 is 0. The molecule has 1 heterocycles. The third-order valence-electron chi connectivity index (χ3n) is 5.22. The summed E-state index contributed by atoms with van der Waals surface area (Å²) in [4.78, 5) is 26.5. The van der Waals surface area contributed by atoms with E-state index < -0.39 is 0 Å². The molecule has 4 rings (SSSR count). The molecular weight excluding hydrogens is 324 g/mol. The number of fused-ring (bicyclic) bond motifs is 1. The van der Waals surface area contributed by atoms with Crippen LogP contribution in [0.4, 0.5) is 5.69 Å². The summed E-state index contributed by atoms with van der Waals surface area (Å²) in [6, 6.07) is 16.1. The van der Waals surface area contributed by atoms with E-state index >= 15 is 0 Å². The Kier molecular flexibility index (Phi) is 4.74. The van der Waals surface area contributed by atoms with Crippen LogP contribution >= 0.6 is 0 Å². The van der Waals surface area contributed by atoms with E-state index in [1.165, 1.54) is 11.1 Å². The first-order chi connectivity index (χ1) is 12.7. The van der Waals surface area contributed by atoms with Gasteiger partial charge in [0.25, 0.3) is 0 Å². The number of carbonyl (C=O) groups is 2. The molecule has 2 aliphatic rings. The van der Waals surface area contributed by atoms with Crippen molar-refractivity contribution in [1.29, 1.82) is 0 Å². The molecule has 1 saturated carbocycles. The second kappa shape index (κ2) is 7.32. The van der Waals surface area contributed by atoms with Gasteiger partial charge < -0.3 is 10.2 Å². The average molecular weight is 348 g/mol. The van der Waals surface area contributed by atoms with E-state index in [-0.39, 0.29) is 11.8 Å². The minimum Gasteiger partial charge on any atom is -0.338 e. The first kappa shape index (κ1) is 16.8. The lowest BCUT2D eigenvalue weighted by Gasteiger charge is -2.29. The smallest absolute Gasteiger partial charge is 0.225 e. The van der Waals surface area contributed by atoms with Gasteiger partial charge in [-0.1, -0.05) is 36.4 Å². The van der Waals surface area contributed by atoms with Gasteiger partial charge in [0, 0.05) is 31.1 Å². The Morgan fingerprint density at radius 2 is 1.85 bits per heavy atom. The molecule has 1 N–H and O–H groups in total. The highest BCUT2D eigenvalue weighted by atomic mass is 16.2. The lowest BCUT2D eigenvalue weighted by molar-refractivity contribution is -0.133. The Bertz CT molecular complexity index is 812. The molecule has 4 nitrogen and oxygen atoms in total. The van der Waals surface area contributed by atoms with Crippen molar-refractivity contribution in [2.75, 3.05) is 11.9 Å². The van der Waals surface area contributed by atoms with Crippen LogP contribution in [-0.2, 0) is 29.0 Å². The van der Waals surface area contributed by atoms with Gasteiger partial charge in [0.15, 0.2) is 0 Å². The molecule has 0 atom stereocenters. The van der Waals surface area contributed by atoms with Crippen LogP contribution < -0.4 is 5.32 Å². The average Bonchev–Trinajstić information content (AvgIpc) is 3.51. The summed E-state index contributed by atoms with van der Waals surface area (Å²) in [5.74, 6) is 0.584. The van der Waals surface area contributed by atoms with Crippen molar-refractivity contribution in [1.82, 2.24) is 4.90 Å². The molecule has 4 heteroatoms. The van der Waals surface area contributed by atoms with Crippen LogP contribution in [0.5, 0.6) is 0 Å². The molecule has 2 aromatic rings. The topological polar surface area (TPSA) is 49.4 Å². The zero-order valence-corrected chi connectivity index (χ0v) is 14.9. The number of amides is 2. The molecule has 134 valence electrons. The molecule has 26 heavy (non-hydrogen) atoms. The standard InChI is InChI=1S/C22H24N2O2/c25-21(11-6-16-4-2-1-3-5-16)23-20-10-9-17-12-13-24(15-19(17)14-20)22(26)18-7-8-18/h1-5,9-10,14,18H,6-8,11-13,15H2,(H,23,25). The zero-order valence-electron chi connectivity index (χ0n) is 14.9. The Hall–Kier alpha value is -2.62. The number of carbonyl (C=O) groups excluding carboxylic acids is 2. The van der Waals surface area contributed by atoms with Gasteiger partial charge in [-0.15, -0.1) is 0 Å². The van der Waals surface area contributed by atoms with E-state index in [4.69, 9.17) is 0 Å². The lowest BCUT2D eigenvalue weighted by atomic mass is 9.98. The Labute approximate surface area is 154 Å². The minimum atomic E-state index is 0.0236. The summed E-state index contributed by atoms with van der Waals surface area (Å²) in [5.41, 5.74) is 4.43. The van der Waals surface area contributed by atoms with E-state index in [1.54, 1.807) is 0 Å². The quantitative estimate of drug-likeness (QED) is 0.898. The maximum atomic E-state index is 12.3. The molecule has 1 fully saturated rings. The first-order valence-corrected chi connectivity index (χ1v) is 9.43. The highest BCUT2D eigenvalue weighted by Gasteiger charge is 2.34. The number of rotatable bonds is 5. The maximum Gasteiger partial charge on any atom is 0.225 e. The molecule has 0 bridgehead atoms. The van der Waals surface area contributed by atoms with Crippen molar-refractivity contribution < 1.29 is 9.59 Å². The van der Waals surface area contributed by atoms with Crippen molar-refractivity contribution >= 4 is 17.5 Å². The zero-order chi connectivity index (χ0) is 17.9. The van der Waals surface area contributed by atoms with Gasteiger partial charge in [0.05, 0.1) is 0 Å². The number of hydrogen-bond donors (Lipinski definition) is 1. The fourth-order valence-electron chi connectivity index (χ4n) is 3.54. The third kappa shape index (κ3) is 3.96. The number of hydrogen-bond acceptors (Lipinski definition) is 2. The van der Waals surface area contributed by atoms with Gasteiger partial charge in [-0.25, -0.2) is 0 Å². The predicted molar refractivity (Wildman–Crippen MR) is 102 cm³/mol. The monoisotopic (exact) mass is 348 g/mol. The van der Waals surface area contributed by atoms with Crippen molar-refractivity contribution in [3.05, 3.63) is 65.2 Å². The van der Waals surface area contributed by atoms with E-state index in [1.807, 2.05) is 47.4 Å². The van der Waals surface area contributed by atoms with Gasteiger partial charge in [0.1, 0.15) is 0 Å². The van der Waals surface area contributed by atoms with Crippen LogP contribution in [0.15, 0.2) is 48.5 Å². The number of nitrogens with one attached hydrogen (secondary N) is 1. The molecule has 0 aromatic heterocycles.